The molecule has 6 nitrogen and oxygen atoms in total. The van der Waals surface area contributed by atoms with E-state index in [1.807, 2.05) is 0 Å². The minimum Gasteiger partial charge on any atom is -0.462 e. The SMILES string of the molecule is CCC(C)(C)C(=O)OC(C(C)C)C(O)(C(F)(F)F)C(F)(F)F.CCC(C)(C)C(=O)OC(CC(O)(C(F)(F)F)C(F)(F)F)C1CCCCC1. The number of carbonyl (C=O) groups is 2. The molecule has 0 aromatic rings. The van der Waals surface area contributed by atoms with Gasteiger partial charge in [0.15, 0.2) is 6.10 Å². The number of esters is 2. The number of hydrogen-bond donors (Lipinski definition) is 2. The van der Waals surface area contributed by atoms with Crippen LogP contribution in [0.15, 0.2) is 0 Å². The van der Waals surface area contributed by atoms with Crippen molar-refractivity contribution in [3.63, 3.8) is 0 Å². The number of carbonyl (C=O) groups excluding carboxylic acids is 2. The van der Waals surface area contributed by atoms with Crippen molar-refractivity contribution in [2.75, 3.05) is 0 Å². The van der Waals surface area contributed by atoms with E-state index >= 15 is 0 Å². The Morgan fingerprint density at radius 1 is 0.646 bits per heavy atom. The monoisotopic (exact) mass is 730 g/mol. The van der Waals surface area contributed by atoms with Crippen LogP contribution in [0.3, 0.4) is 0 Å². The van der Waals surface area contributed by atoms with Gasteiger partial charge in [0.25, 0.3) is 11.2 Å². The molecule has 1 rings (SSSR count). The van der Waals surface area contributed by atoms with Gasteiger partial charge < -0.3 is 19.7 Å². The molecule has 0 aromatic carbocycles. The molecule has 0 heterocycles. The normalized spacial score (nSPS) is 17.7. The van der Waals surface area contributed by atoms with Crippen LogP contribution < -0.4 is 0 Å². The molecule has 286 valence electrons. The summed E-state index contributed by atoms with van der Waals surface area (Å²) in [5.74, 6) is -4.15. The Morgan fingerprint density at radius 3 is 1.29 bits per heavy atom. The Morgan fingerprint density at radius 2 is 1.00 bits per heavy atom. The van der Waals surface area contributed by atoms with Crippen LogP contribution >= 0.6 is 0 Å². The summed E-state index contributed by atoms with van der Waals surface area (Å²) in [6.07, 6.45) is -26.9. The highest BCUT2D eigenvalue weighted by molar-refractivity contribution is 5.76. The number of halogens is 12. The molecule has 1 aliphatic carbocycles. The Kier molecular flexibility index (Phi) is 15.3. The molecular weight excluding hydrogens is 684 g/mol. The van der Waals surface area contributed by atoms with E-state index in [-0.39, 0.29) is 6.42 Å². The van der Waals surface area contributed by atoms with Crippen molar-refractivity contribution in [1.29, 1.82) is 0 Å². The zero-order valence-corrected chi connectivity index (χ0v) is 28.0. The first-order chi connectivity index (χ1) is 21.2. The smallest absolute Gasteiger partial charge is 0.430 e. The van der Waals surface area contributed by atoms with Gasteiger partial charge in [0.2, 0.25) is 0 Å². The average molecular weight is 731 g/mol. The zero-order chi connectivity index (χ0) is 38.5. The number of hydrogen-bond acceptors (Lipinski definition) is 6. The van der Waals surface area contributed by atoms with E-state index < -0.39 is 89.1 Å². The minimum absolute atomic E-state index is 0.146. The van der Waals surface area contributed by atoms with Crippen LogP contribution in [0, 0.1) is 22.7 Å². The molecule has 18 heteroatoms. The van der Waals surface area contributed by atoms with Crippen molar-refractivity contribution >= 4 is 11.9 Å². The maximum Gasteiger partial charge on any atom is 0.430 e. The van der Waals surface area contributed by atoms with Crippen LogP contribution in [0.4, 0.5) is 52.7 Å². The summed E-state index contributed by atoms with van der Waals surface area (Å²) in [5, 5.41) is 18.9. The van der Waals surface area contributed by atoms with Crippen LogP contribution in [-0.2, 0) is 19.1 Å². The highest BCUT2D eigenvalue weighted by atomic mass is 19.4. The molecule has 0 bridgehead atoms. The molecule has 1 fully saturated rings. The fraction of sp³-hybridized carbons (Fsp3) is 0.933. The lowest BCUT2D eigenvalue weighted by molar-refractivity contribution is -0.395. The predicted molar refractivity (Wildman–Crippen MR) is 148 cm³/mol. The van der Waals surface area contributed by atoms with Crippen molar-refractivity contribution in [2.45, 2.75) is 155 Å². The molecule has 0 aromatic heterocycles. The molecule has 0 saturated heterocycles. The van der Waals surface area contributed by atoms with Crippen molar-refractivity contribution in [3.8, 4) is 0 Å². The van der Waals surface area contributed by atoms with Crippen LogP contribution in [0.1, 0.15) is 107 Å². The van der Waals surface area contributed by atoms with Crippen molar-refractivity contribution in [3.05, 3.63) is 0 Å². The summed E-state index contributed by atoms with van der Waals surface area (Å²) in [6, 6.07) is 0. The molecule has 0 amide bonds. The van der Waals surface area contributed by atoms with Gasteiger partial charge in [-0.3, -0.25) is 9.59 Å². The second-order valence-electron chi connectivity index (χ2n) is 13.7. The number of ether oxygens (including phenoxy) is 2. The van der Waals surface area contributed by atoms with E-state index in [1.165, 1.54) is 34.6 Å². The van der Waals surface area contributed by atoms with Gasteiger partial charge in [0.1, 0.15) is 6.10 Å². The second kappa shape index (κ2) is 15.9. The van der Waals surface area contributed by atoms with Crippen LogP contribution in [0.2, 0.25) is 0 Å². The Bertz CT molecular complexity index is 1010. The molecule has 1 saturated carbocycles. The van der Waals surface area contributed by atoms with Gasteiger partial charge in [0, 0.05) is 6.42 Å². The van der Waals surface area contributed by atoms with Gasteiger partial charge in [-0.2, -0.15) is 52.7 Å². The predicted octanol–water partition coefficient (Wildman–Crippen LogP) is 9.01. The maximum absolute atomic E-state index is 13.1. The topological polar surface area (TPSA) is 93.1 Å². The molecule has 0 spiro atoms. The van der Waals surface area contributed by atoms with E-state index in [4.69, 9.17) is 4.74 Å². The molecule has 0 aliphatic heterocycles. The van der Waals surface area contributed by atoms with Gasteiger partial charge in [-0.05, 0) is 65.2 Å². The van der Waals surface area contributed by atoms with E-state index in [0.29, 0.717) is 32.1 Å². The lowest BCUT2D eigenvalue weighted by atomic mass is 9.80. The van der Waals surface area contributed by atoms with Gasteiger partial charge in [0.05, 0.1) is 10.8 Å². The third-order valence-corrected chi connectivity index (χ3v) is 8.86. The molecule has 48 heavy (non-hydrogen) atoms. The van der Waals surface area contributed by atoms with E-state index in [9.17, 15) is 72.5 Å². The second-order valence-corrected chi connectivity index (χ2v) is 13.7. The van der Waals surface area contributed by atoms with E-state index in [0.717, 1.165) is 20.3 Å². The number of alkyl halides is 12. The highest BCUT2D eigenvalue weighted by Gasteiger charge is 2.76. The van der Waals surface area contributed by atoms with E-state index in [2.05, 4.69) is 4.74 Å². The van der Waals surface area contributed by atoms with Gasteiger partial charge in [-0.15, -0.1) is 0 Å². The highest BCUT2D eigenvalue weighted by Crippen LogP contribution is 2.49. The molecule has 0 radical (unpaired) electrons. The molecule has 2 N–H and O–H groups in total. The standard InChI is InChI=1S/C17H26F6O3.C13H20F6O3/c1-4-14(2,3)13(24)26-12(11-8-6-5-7-9-11)10-15(25,16(18,19)20)17(21,22)23;1-6-10(4,5)9(20)22-8(7(2)3)11(21,12(14,15)16)13(17,18)19/h11-12,25H,4-10H2,1-3H3;7-8,21H,6H2,1-5H3. The van der Waals surface area contributed by atoms with Gasteiger partial charge in [-0.1, -0.05) is 47.0 Å². The summed E-state index contributed by atoms with van der Waals surface area (Å²) in [5.41, 5.74) is -12.4. The van der Waals surface area contributed by atoms with Crippen LogP contribution in [0.25, 0.3) is 0 Å². The lowest BCUT2D eigenvalue weighted by Crippen LogP contribution is -2.66. The average Bonchev–Trinajstić information content (AvgIpc) is 2.92. The van der Waals surface area contributed by atoms with Gasteiger partial charge in [-0.25, -0.2) is 0 Å². The molecule has 1 aliphatic rings. The van der Waals surface area contributed by atoms with Crippen molar-refractivity contribution in [2.24, 2.45) is 22.7 Å². The zero-order valence-electron chi connectivity index (χ0n) is 28.0. The summed E-state index contributed by atoms with van der Waals surface area (Å²) in [4.78, 5) is 24.1. The first-order valence-electron chi connectivity index (χ1n) is 15.3. The van der Waals surface area contributed by atoms with E-state index in [1.54, 1.807) is 6.92 Å². The number of rotatable bonds is 11. The molecule has 2 atom stereocenters. The Labute approximate surface area is 271 Å². The molecule has 2 unspecified atom stereocenters. The van der Waals surface area contributed by atoms with Crippen LogP contribution in [0.5, 0.6) is 0 Å². The summed E-state index contributed by atoms with van der Waals surface area (Å²) in [7, 11) is 0. The number of aliphatic hydroxyl groups is 2. The van der Waals surface area contributed by atoms with Crippen molar-refractivity contribution in [1.82, 2.24) is 0 Å². The van der Waals surface area contributed by atoms with Gasteiger partial charge >= 0.3 is 36.6 Å². The minimum atomic E-state index is -6.04. The quantitative estimate of drug-likeness (QED) is 0.163. The third-order valence-electron chi connectivity index (χ3n) is 8.86. The van der Waals surface area contributed by atoms with Crippen molar-refractivity contribution < 1.29 is 82.0 Å². The summed E-state index contributed by atoms with van der Waals surface area (Å²) >= 11 is 0. The Balaban J connectivity index is 0.000000935. The lowest BCUT2D eigenvalue weighted by Gasteiger charge is -2.40. The fourth-order valence-electron chi connectivity index (χ4n) is 4.54. The first-order valence-corrected chi connectivity index (χ1v) is 15.3. The maximum atomic E-state index is 13.1. The summed E-state index contributed by atoms with van der Waals surface area (Å²) in [6.45, 7) is 10.9. The Hall–Kier alpha value is -1.98. The summed E-state index contributed by atoms with van der Waals surface area (Å²) < 4.78 is 165. The molecular formula is C30H46F12O6. The third kappa shape index (κ3) is 10.8. The first kappa shape index (κ1) is 46.0. The largest absolute Gasteiger partial charge is 0.462 e. The van der Waals surface area contributed by atoms with Crippen LogP contribution in [-0.4, -0.2) is 70.3 Å². The fourth-order valence-corrected chi connectivity index (χ4v) is 4.54.